The number of ketones is 1. The van der Waals surface area contributed by atoms with Crippen molar-refractivity contribution in [1.29, 1.82) is 0 Å². The Bertz CT molecular complexity index is 367. The minimum atomic E-state index is -0.197. The molecule has 2 aliphatic carbocycles. The Morgan fingerprint density at radius 3 is 2.65 bits per heavy atom. The van der Waals surface area contributed by atoms with Crippen LogP contribution < -0.4 is 0 Å². The molecule has 0 aromatic rings. The molecule has 0 radical (unpaired) electrons. The molecule has 2 aliphatic rings. The van der Waals surface area contributed by atoms with Gasteiger partial charge in [-0.05, 0) is 37.5 Å². The van der Waals surface area contributed by atoms with Gasteiger partial charge in [-0.3, -0.25) is 4.79 Å². The molecule has 1 heteroatoms. The van der Waals surface area contributed by atoms with E-state index in [0.29, 0.717) is 18.1 Å². The van der Waals surface area contributed by atoms with Gasteiger partial charge >= 0.3 is 0 Å². The van der Waals surface area contributed by atoms with Crippen LogP contribution in [0.2, 0.25) is 0 Å². The molecule has 0 heterocycles. The molecule has 0 spiro atoms. The van der Waals surface area contributed by atoms with Crippen LogP contribution in [0.3, 0.4) is 0 Å². The Labute approximate surface area is 105 Å². The van der Waals surface area contributed by atoms with E-state index >= 15 is 0 Å². The molecular weight excluding hydrogens is 208 g/mol. The third-order valence-electron chi connectivity index (χ3n) is 4.01. The predicted molar refractivity (Wildman–Crippen MR) is 71.8 cm³/mol. The third-order valence-corrected chi connectivity index (χ3v) is 4.01. The number of allylic oxidation sites excluding steroid dienone is 3. The van der Waals surface area contributed by atoms with Crippen molar-refractivity contribution in [3.8, 4) is 0 Å². The van der Waals surface area contributed by atoms with Gasteiger partial charge in [-0.15, -0.1) is 0 Å². The van der Waals surface area contributed by atoms with Gasteiger partial charge in [0.15, 0.2) is 0 Å². The van der Waals surface area contributed by atoms with Crippen LogP contribution >= 0.6 is 0 Å². The molecule has 0 N–H and O–H groups in total. The van der Waals surface area contributed by atoms with Crippen molar-refractivity contribution >= 4 is 5.78 Å². The summed E-state index contributed by atoms with van der Waals surface area (Å²) in [6, 6.07) is 0. The highest BCUT2D eigenvalue weighted by atomic mass is 16.1. The second-order valence-corrected chi connectivity index (χ2v) is 6.90. The zero-order valence-corrected chi connectivity index (χ0v) is 11.4. The van der Waals surface area contributed by atoms with E-state index in [1.807, 2.05) is 20.8 Å². The number of carbonyl (C=O) groups excluding carboxylic acids is 1. The van der Waals surface area contributed by atoms with Crippen molar-refractivity contribution in [3.63, 3.8) is 0 Å². The molecule has 17 heavy (non-hydrogen) atoms. The van der Waals surface area contributed by atoms with E-state index < -0.39 is 0 Å². The fourth-order valence-electron chi connectivity index (χ4n) is 3.11. The van der Waals surface area contributed by atoms with Crippen LogP contribution in [0.15, 0.2) is 23.8 Å². The first kappa shape index (κ1) is 12.6. The lowest BCUT2D eigenvalue weighted by atomic mass is 9.70. The average Bonchev–Trinajstić information content (AvgIpc) is 2.13. The van der Waals surface area contributed by atoms with Gasteiger partial charge in [0.1, 0.15) is 5.78 Å². The van der Waals surface area contributed by atoms with E-state index in [1.54, 1.807) is 0 Å². The van der Waals surface area contributed by atoms with Crippen molar-refractivity contribution < 1.29 is 4.79 Å². The summed E-state index contributed by atoms with van der Waals surface area (Å²) in [6.07, 6.45) is 7.79. The summed E-state index contributed by atoms with van der Waals surface area (Å²) in [4.78, 5) is 12.1. The van der Waals surface area contributed by atoms with E-state index in [-0.39, 0.29) is 5.41 Å². The Morgan fingerprint density at radius 1 is 1.35 bits per heavy atom. The molecule has 0 aliphatic heterocycles. The number of Topliss-reactive ketones (excluding diaryl/α,β-unsaturated/α-hetero) is 1. The maximum absolute atomic E-state index is 12.1. The number of carbonyl (C=O) groups is 1. The molecule has 2 rings (SSSR count). The molecule has 2 bridgehead atoms. The topological polar surface area (TPSA) is 17.1 Å². The summed E-state index contributed by atoms with van der Waals surface area (Å²) < 4.78 is 0. The van der Waals surface area contributed by atoms with Crippen LogP contribution in [0.25, 0.3) is 0 Å². The number of rotatable bonds is 2. The van der Waals surface area contributed by atoms with Gasteiger partial charge in [0.2, 0.25) is 0 Å². The van der Waals surface area contributed by atoms with Crippen LogP contribution in [0.1, 0.15) is 52.9 Å². The summed E-state index contributed by atoms with van der Waals surface area (Å²) in [5.41, 5.74) is 2.60. The summed E-state index contributed by atoms with van der Waals surface area (Å²) in [5.74, 6) is 1.80. The lowest BCUT2D eigenvalue weighted by molar-refractivity contribution is -0.125. The zero-order valence-electron chi connectivity index (χ0n) is 11.4. The monoisotopic (exact) mass is 232 g/mol. The fraction of sp³-hybridized carbons (Fsp3) is 0.688. The van der Waals surface area contributed by atoms with Crippen molar-refractivity contribution in [1.82, 2.24) is 0 Å². The Hall–Kier alpha value is -0.850. The highest BCUT2D eigenvalue weighted by molar-refractivity contribution is 5.85. The Balaban J connectivity index is 2.04. The van der Waals surface area contributed by atoms with Gasteiger partial charge in [0.05, 0.1) is 0 Å². The summed E-state index contributed by atoms with van der Waals surface area (Å²) in [7, 11) is 0. The standard InChI is InChI=1S/C16H24O/c1-11-5-12-7-13(6-11)9-14(8-12)10-15(17)16(2,3)4/h8,12-13H,1,5-7,9-10H2,2-4H3/t12-,13+/m0/s1. The molecule has 1 nitrogen and oxygen atoms in total. The first-order valence-electron chi connectivity index (χ1n) is 6.74. The fourth-order valence-corrected chi connectivity index (χ4v) is 3.11. The van der Waals surface area contributed by atoms with Crippen molar-refractivity contribution in [2.24, 2.45) is 17.3 Å². The molecule has 1 saturated carbocycles. The number of hydrogen-bond acceptors (Lipinski definition) is 1. The molecule has 0 saturated heterocycles. The second kappa shape index (κ2) is 4.44. The minimum Gasteiger partial charge on any atom is -0.299 e. The summed E-state index contributed by atoms with van der Waals surface area (Å²) in [5, 5.41) is 0. The Morgan fingerprint density at radius 2 is 2.06 bits per heavy atom. The number of fused-ring (bicyclic) bond motifs is 2. The molecule has 94 valence electrons. The maximum atomic E-state index is 12.1. The molecule has 0 amide bonds. The quantitative estimate of drug-likeness (QED) is 0.649. The van der Waals surface area contributed by atoms with Gasteiger partial charge in [0.25, 0.3) is 0 Å². The van der Waals surface area contributed by atoms with Crippen LogP contribution in [-0.4, -0.2) is 5.78 Å². The molecule has 1 fully saturated rings. The first-order valence-corrected chi connectivity index (χ1v) is 6.74. The van der Waals surface area contributed by atoms with Crippen molar-refractivity contribution in [2.45, 2.75) is 52.9 Å². The van der Waals surface area contributed by atoms with Crippen LogP contribution in [-0.2, 0) is 4.79 Å². The summed E-state index contributed by atoms with van der Waals surface area (Å²) >= 11 is 0. The van der Waals surface area contributed by atoms with Crippen molar-refractivity contribution in [3.05, 3.63) is 23.8 Å². The SMILES string of the molecule is C=C1C[C@@H]2C=C(CC(=O)C(C)(C)C)C[C@H](C1)C2. The lowest BCUT2D eigenvalue weighted by Gasteiger charge is -2.35. The van der Waals surface area contributed by atoms with Gasteiger partial charge in [-0.1, -0.05) is 44.6 Å². The van der Waals surface area contributed by atoms with E-state index in [0.717, 1.165) is 18.8 Å². The molecule has 0 aromatic carbocycles. The van der Waals surface area contributed by atoms with Gasteiger partial charge in [-0.2, -0.15) is 0 Å². The predicted octanol–water partition coefficient (Wildman–Crippen LogP) is 4.29. The second-order valence-electron chi connectivity index (χ2n) is 6.90. The van der Waals surface area contributed by atoms with E-state index in [1.165, 1.54) is 24.0 Å². The number of hydrogen-bond donors (Lipinski definition) is 0. The average molecular weight is 232 g/mol. The van der Waals surface area contributed by atoms with E-state index in [9.17, 15) is 4.79 Å². The molecule has 2 atom stereocenters. The zero-order chi connectivity index (χ0) is 12.6. The smallest absolute Gasteiger partial charge is 0.142 e. The first-order chi connectivity index (χ1) is 7.84. The van der Waals surface area contributed by atoms with Gasteiger partial charge in [0, 0.05) is 11.8 Å². The third kappa shape index (κ3) is 3.08. The molecule has 0 aromatic heterocycles. The molecule has 0 unspecified atom stereocenters. The van der Waals surface area contributed by atoms with Gasteiger partial charge in [-0.25, -0.2) is 0 Å². The normalized spacial score (nSPS) is 28.9. The highest BCUT2D eigenvalue weighted by Crippen LogP contribution is 2.42. The van der Waals surface area contributed by atoms with Crippen molar-refractivity contribution in [2.75, 3.05) is 0 Å². The lowest BCUT2D eigenvalue weighted by Crippen LogP contribution is -2.25. The minimum absolute atomic E-state index is 0.197. The van der Waals surface area contributed by atoms with Gasteiger partial charge < -0.3 is 0 Å². The van der Waals surface area contributed by atoms with Crippen LogP contribution in [0.5, 0.6) is 0 Å². The highest BCUT2D eigenvalue weighted by Gasteiger charge is 2.30. The maximum Gasteiger partial charge on any atom is 0.142 e. The van der Waals surface area contributed by atoms with E-state index in [4.69, 9.17) is 0 Å². The Kier molecular flexibility index (Phi) is 3.29. The largest absolute Gasteiger partial charge is 0.299 e. The molecular formula is C16H24O. The van der Waals surface area contributed by atoms with Crippen LogP contribution in [0, 0.1) is 17.3 Å². The summed E-state index contributed by atoms with van der Waals surface area (Å²) in [6.45, 7) is 10.2. The van der Waals surface area contributed by atoms with E-state index in [2.05, 4.69) is 12.7 Å². The van der Waals surface area contributed by atoms with Crippen LogP contribution in [0.4, 0.5) is 0 Å².